The van der Waals surface area contributed by atoms with Crippen molar-refractivity contribution in [1.29, 1.82) is 0 Å². The number of amides is 1. The minimum atomic E-state index is -0.180. The van der Waals surface area contributed by atoms with Gasteiger partial charge in [-0.2, -0.15) is 0 Å². The van der Waals surface area contributed by atoms with Gasteiger partial charge in [0, 0.05) is 18.6 Å². The number of hydrogen-bond acceptors (Lipinski definition) is 4. The maximum atomic E-state index is 12.1. The molecule has 0 unspecified atom stereocenters. The molecule has 0 fully saturated rings. The molecule has 3 aromatic rings. The normalized spacial score (nSPS) is 10.5. The largest absolute Gasteiger partial charge is 0.347 e. The Morgan fingerprint density at radius 1 is 1.26 bits per heavy atom. The van der Waals surface area contributed by atoms with Crippen LogP contribution in [-0.4, -0.2) is 25.8 Å². The molecule has 0 aliphatic carbocycles. The van der Waals surface area contributed by atoms with Gasteiger partial charge in [0.1, 0.15) is 5.52 Å². The number of rotatable bonds is 3. The summed E-state index contributed by atoms with van der Waals surface area (Å²) in [5.41, 5.74) is 2.67. The first-order chi connectivity index (χ1) is 9.34. The van der Waals surface area contributed by atoms with Gasteiger partial charge in [0.25, 0.3) is 5.91 Å². The van der Waals surface area contributed by atoms with E-state index in [4.69, 9.17) is 0 Å². The van der Waals surface area contributed by atoms with E-state index in [1.54, 1.807) is 37.1 Å². The molecule has 19 heavy (non-hydrogen) atoms. The number of imidazole rings is 1. The third-order valence-electron chi connectivity index (χ3n) is 2.74. The molecule has 3 rings (SSSR count). The summed E-state index contributed by atoms with van der Waals surface area (Å²) in [6.45, 7) is 0.398. The van der Waals surface area contributed by atoms with Crippen molar-refractivity contribution in [3.8, 4) is 0 Å². The number of nitrogens with one attached hydrogen (secondary N) is 2. The Kier molecular flexibility index (Phi) is 2.89. The molecule has 0 aliphatic heterocycles. The SMILES string of the molecule is O=C(NCc1cnc[nH]1)c1cccc2nccnc12. The third kappa shape index (κ3) is 2.28. The van der Waals surface area contributed by atoms with Crippen LogP contribution in [0.25, 0.3) is 11.0 Å². The second-order valence-corrected chi connectivity index (χ2v) is 3.99. The average molecular weight is 253 g/mol. The van der Waals surface area contributed by atoms with Crippen LogP contribution >= 0.6 is 0 Å². The minimum Gasteiger partial charge on any atom is -0.347 e. The van der Waals surface area contributed by atoms with Crippen LogP contribution in [0.1, 0.15) is 16.1 Å². The lowest BCUT2D eigenvalue weighted by Gasteiger charge is -2.05. The van der Waals surface area contributed by atoms with Crippen molar-refractivity contribution in [2.75, 3.05) is 0 Å². The monoisotopic (exact) mass is 253 g/mol. The highest BCUT2D eigenvalue weighted by Gasteiger charge is 2.11. The Morgan fingerprint density at radius 3 is 3.00 bits per heavy atom. The number of carbonyl (C=O) groups excluding carboxylic acids is 1. The van der Waals surface area contributed by atoms with Crippen LogP contribution in [0.15, 0.2) is 43.1 Å². The first kappa shape index (κ1) is 11.3. The zero-order valence-corrected chi connectivity index (χ0v) is 10.00. The van der Waals surface area contributed by atoms with Gasteiger partial charge in [-0.1, -0.05) is 6.07 Å². The van der Waals surface area contributed by atoms with Gasteiger partial charge >= 0.3 is 0 Å². The molecule has 2 heterocycles. The first-order valence-corrected chi connectivity index (χ1v) is 5.80. The number of fused-ring (bicyclic) bond motifs is 1. The van der Waals surface area contributed by atoms with Gasteiger partial charge in [0.15, 0.2) is 0 Å². The van der Waals surface area contributed by atoms with Crippen LogP contribution in [0.5, 0.6) is 0 Å². The molecule has 0 saturated carbocycles. The number of nitrogens with zero attached hydrogens (tertiary/aromatic N) is 3. The zero-order valence-electron chi connectivity index (χ0n) is 10.00. The topological polar surface area (TPSA) is 83.6 Å². The van der Waals surface area contributed by atoms with Crippen LogP contribution in [0.3, 0.4) is 0 Å². The average Bonchev–Trinajstić information content (AvgIpc) is 2.97. The molecule has 1 amide bonds. The molecule has 0 saturated heterocycles. The van der Waals surface area contributed by atoms with Gasteiger partial charge in [-0.05, 0) is 12.1 Å². The Morgan fingerprint density at radius 2 is 2.16 bits per heavy atom. The van der Waals surface area contributed by atoms with Crippen molar-refractivity contribution in [2.45, 2.75) is 6.54 Å². The summed E-state index contributed by atoms with van der Waals surface area (Å²) in [5.74, 6) is -0.180. The Bertz CT molecular complexity index is 703. The van der Waals surface area contributed by atoms with Crippen molar-refractivity contribution in [2.24, 2.45) is 0 Å². The van der Waals surface area contributed by atoms with Crippen LogP contribution < -0.4 is 5.32 Å². The molecule has 0 bridgehead atoms. The van der Waals surface area contributed by atoms with Gasteiger partial charge in [0.2, 0.25) is 0 Å². The Balaban J connectivity index is 1.85. The highest BCUT2D eigenvalue weighted by atomic mass is 16.1. The molecule has 0 spiro atoms. The fourth-order valence-electron chi connectivity index (χ4n) is 1.83. The lowest BCUT2D eigenvalue weighted by molar-refractivity contribution is 0.0952. The second kappa shape index (κ2) is 4.85. The van der Waals surface area contributed by atoms with Crippen LogP contribution in [0.2, 0.25) is 0 Å². The van der Waals surface area contributed by atoms with Crippen molar-refractivity contribution in [1.82, 2.24) is 25.3 Å². The van der Waals surface area contributed by atoms with Crippen molar-refractivity contribution in [3.05, 3.63) is 54.4 Å². The summed E-state index contributed by atoms with van der Waals surface area (Å²) in [6, 6.07) is 5.36. The van der Waals surface area contributed by atoms with Crippen LogP contribution in [0, 0.1) is 0 Å². The van der Waals surface area contributed by atoms with Gasteiger partial charge < -0.3 is 10.3 Å². The van der Waals surface area contributed by atoms with Crippen molar-refractivity contribution < 1.29 is 4.79 Å². The Labute approximate surface area is 108 Å². The van der Waals surface area contributed by atoms with E-state index in [-0.39, 0.29) is 5.91 Å². The maximum absolute atomic E-state index is 12.1. The van der Waals surface area contributed by atoms with E-state index < -0.39 is 0 Å². The molecule has 94 valence electrons. The summed E-state index contributed by atoms with van der Waals surface area (Å²) in [6.07, 6.45) is 6.43. The smallest absolute Gasteiger partial charge is 0.253 e. The minimum absolute atomic E-state index is 0.180. The van der Waals surface area contributed by atoms with Gasteiger partial charge in [-0.15, -0.1) is 0 Å². The highest BCUT2D eigenvalue weighted by Crippen LogP contribution is 2.13. The number of aromatic amines is 1. The second-order valence-electron chi connectivity index (χ2n) is 3.99. The van der Waals surface area contributed by atoms with E-state index in [0.29, 0.717) is 23.1 Å². The van der Waals surface area contributed by atoms with Crippen LogP contribution in [-0.2, 0) is 6.54 Å². The molecule has 1 aromatic carbocycles. The summed E-state index contributed by atoms with van der Waals surface area (Å²) in [4.78, 5) is 27.3. The quantitative estimate of drug-likeness (QED) is 0.736. The summed E-state index contributed by atoms with van der Waals surface area (Å²) >= 11 is 0. The summed E-state index contributed by atoms with van der Waals surface area (Å²) in [5, 5.41) is 2.82. The fraction of sp³-hybridized carbons (Fsp3) is 0.0769. The number of para-hydroxylation sites is 1. The molecule has 0 radical (unpaired) electrons. The molecule has 0 aliphatic rings. The molecule has 2 aromatic heterocycles. The van der Waals surface area contributed by atoms with E-state index in [1.165, 1.54) is 0 Å². The molecule has 6 nitrogen and oxygen atoms in total. The number of carbonyl (C=O) groups is 1. The van der Waals surface area contributed by atoms with E-state index in [9.17, 15) is 4.79 Å². The van der Waals surface area contributed by atoms with E-state index >= 15 is 0 Å². The predicted molar refractivity (Wildman–Crippen MR) is 69.3 cm³/mol. The highest BCUT2D eigenvalue weighted by molar-refractivity contribution is 6.04. The summed E-state index contributed by atoms with van der Waals surface area (Å²) in [7, 11) is 0. The molecule has 0 atom stereocenters. The van der Waals surface area contributed by atoms with Gasteiger partial charge in [-0.3, -0.25) is 14.8 Å². The number of H-pyrrole nitrogens is 1. The molecular formula is C13H11N5O. The third-order valence-corrected chi connectivity index (χ3v) is 2.74. The first-order valence-electron chi connectivity index (χ1n) is 5.80. The fourth-order valence-corrected chi connectivity index (χ4v) is 1.83. The predicted octanol–water partition coefficient (Wildman–Crippen LogP) is 1.28. The van der Waals surface area contributed by atoms with Crippen molar-refractivity contribution in [3.63, 3.8) is 0 Å². The Hall–Kier alpha value is -2.76. The van der Waals surface area contributed by atoms with Gasteiger partial charge in [0.05, 0.1) is 29.6 Å². The molecular weight excluding hydrogens is 242 g/mol. The zero-order chi connectivity index (χ0) is 13.1. The molecule has 6 heteroatoms. The molecule has 2 N–H and O–H groups in total. The number of aromatic nitrogens is 4. The standard InChI is InChI=1S/C13H11N5O/c19-13(17-7-9-6-14-8-18-9)10-2-1-3-11-12(10)16-5-4-15-11/h1-6,8H,7H2,(H,14,18)(H,17,19). The van der Waals surface area contributed by atoms with E-state index in [1.807, 2.05) is 6.07 Å². The van der Waals surface area contributed by atoms with Crippen LogP contribution in [0.4, 0.5) is 0 Å². The van der Waals surface area contributed by atoms with E-state index in [2.05, 4.69) is 25.3 Å². The maximum Gasteiger partial charge on any atom is 0.253 e. The lowest BCUT2D eigenvalue weighted by Crippen LogP contribution is -2.23. The van der Waals surface area contributed by atoms with Gasteiger partial charge in [-0.25, -0.2) is 4.98 Å². The number of benzene rings is 1. The van der Waals surface area contributed by atoms with Crippen molar-refractivity contribution >= 4 is 16.9 Å². The number of hydrogen-bond donors (Lipinski definition) is 2. The lowest BCUT2D eigenvalue weighted by atomic mass is 10.1. The van der Waals surface area contributed by atoms with E-state index in [0.717, 1.165) is 5.69 Å². The summed E-state index contributed by atoms with van der Waals surface area (Å²) < 4.78 is 0.